The van der Waals surface area contributed by atoms with Crippen LogP contribution in [0.2, 0.25) is 5.02 Å². The summed E-state index contributed by atoms with van der Waals surface area (Å²) in [6, 6.07) is 12.2. The molecule has 2 heterocycles. The van der Waals surface area contributed by atoms with Crippen molar-refractivity contribution in [1.29, 1.82) is 0 Å². The van der Waals surface area contributed by atoms with Crippen LogP contribution in [0, 0.1) is 13.8 Å². The molecule has 0 bridgehead atoms. The minimum absolute atomic E-state index is 0.175. The normalized spacial score (nSPS) is 14.4. The standard InChI is InChI=1S/C22H23ClN2O3/c1-13-22(15(3)28-24-13)18-11-21-19(12-20(18)26-4)25(9-10-27-21)14(2)16-5-7-17(23)8-6-16/h5-8,11-12,14H,9-10H2,1-4H3. The summed E-state index contributed by atoms with van der Waals surface area (Å²) >= 11 is 6.05. The number of fused-ring (bicyclic) bond motifs is 1. The molecule has 28 heavy (non-hydrogen) atoms. The highest BCUT2D eigenvalue weighted by Crippen LogP contribution is 2.45. The second kappa shape index (κ2) is 7.40. The molecular weight excluding hydrogens is 376 g/mol. The van der Waals surface area contributed by atoms with Gasteiger partial charge in [-0.25, -0.2) is 0 Å². The zero-order valence-electron chi connectivity index (χ0n) is 16.5. The molecule has 0 fully saturated rings. The number of aryl methyl sites for hydroxylation is 2. The second-order valence-corrected chi connectivity index (χ2v) is 7.43. The van der Waals surface area contributed by atoms with Crippen LogP contribution >= 0.6 is 11.6 Å². The first-order chi connectivity index (χ1) is 13.5. The SMILES string of the molecule is COc1cc2c(cc1-c1c(C)noc1C)OCCN2C(C)c1ccc(Cl)cc1. The summed E-state index contributed by atoms with van der Waals surface area (Å²) in [7, 11) is 1.68. The Balaban J connectivity index is 1.78. The van der Waals surface area contributed by atoms with Gasteiger partial charge >= 0.3 is 0 Å². The van der Waals surface area contributed by atoms with E-state index in [0.717, 1.165) is 51.3 Å². The van der Waals surface area contributed by atoms with E-state index in [-0.39, 0.29) is 6.04 Å². The van der Waals surface area contributed by atoms with Crippen molar-refractivity contribution in [2.45, 2.75) is 26.8 Å². The fourth-order valence-electron chi connectivity index (χ4n) is 3.82. The van der Waals surface area contributed by atoms with E-state index in [1.807, 2.05) is 38.1 Å². The lowest BCUT2D eigenvalue weighted by Gasteiger charge is -2.37. The van der Waals surface area contributed by atoms with Gasteiger partial charge in [0.1, 0.15) is 23.9 Å². The van der Waals surface area contributed by atoms with Gasteiger partial charge in [0.15, 0.2) is 0 Å². The molecule has 6 heteroatoms. The van der Waals surface area contributed by atoms with Gasteiger partial charge in [-0.15, -0.1) is 0 Å². The number of hydrogen-bond donors (Lipinski definition) is 0. The average molecular weight is 399 g/mol. The molecule has 1 aromatic heterocycles. The molecule has 3 aromatic rings. The zero-order chi connectivity index (χ0) is 19.8. The highest BCUT2D eigenvalue weighted by molar-refractivity contribution is 6.30. The molecule has 0 amide bonds. The molecule has 1 aliphatic heterocycles. The van der Waals surface area contributed by atoms with E-state index in [1.54, 1.807) is 7.11 Å². The van der Waals surface area contributed by atoms with Crippen molar-refractivity contribution in [3.63, 3.8) is 0 Å². The number of hydrogen-bond acceptors (Lipinski definition) is 5. The Kier molecular flexibility index (Phi) is 4.94. The number of nitrogens with zero attached hydrogens (tertiary/aromatic N) is 2. The first-order valence-corrected chi connectivity index (χ1v) is 9.67. The molecule has 5 nitrogen and oxygen atoms in total. The van der Waals surface area contributed by atoms with Crippen LogP contribution in [0.5, 0.6) is 11.5 Å². The predicted octanol–water partition coefficient (Wildman–Crippen LogP) is 5.58. The first kappa shape index (κ1) is 18.7. The maximum absolute atomic E-state index is 6.05. The summed E-state index contributed by atoms with van der Waals surface area (Å²) in [5.74, 6) is 2.37. The van der Waals surface area contributed by atoms with E-state index in [2.05, 4.69) is 29.1 Å². The van der Waals surface area contributed by atoms with Crippen molar-refractivity contribution < 1.29 is 14.0 Å². The van der Waals surface area contributed by atoms with Crippen molar-refractivity contribution in [1.82, 2.24) is 5.16 Å². The Hall–Kier alpha value is -2.66. The number of benzene rings is 2. The molecule has 0 saturated carbocycles. The summed E-state index contributed by atoms with van der Waals surface area (Å²) in [4.78, 5) is 2.34. The fraction of sp³-hybridized carbons (Fsp3) is 0.318. The topological polar surface area (TPSA) is 47.7 Å². The predicted molar refractivity (Wildman–Crippen MR) is 111 cm³/mol. The third kappa shape index (κ3) is 3.20. The summed E-state index contributed by atoms with van der Waals surface area (Å²) < 4.78 is 17.1. The lowest BCUT2D eigenvalue weighted by molar-refractivity contribution is 0.301. The smallest absolute Gasteiger partial charge is 0.143 e. The Bertz CT molecular complexity index is 978. The van der Waals surface area contributed by atoms with Gasteiger partial charge in [0.2, 0.25) is 0 Å². The van der Waals surface area contributed by atoms with Crippen molar-refractivity contribution in [2.75, 3.05) is 25.2 Å². The van der Waals surface area contributed by atoms with Gasteiger partial charge in [-0.3, -0.25) is 0 Å². The summed E-state index contributed by atoms with van der Waals surface area (Å²) in [6.45, 7) is 7.44. The summed E-state index contributed by atoms with van der Waals surface area (Å²) in [6.07, 6.45) is 0. The molecule has 146 valence electrons. The first-order valence-electron chi connectivity index (χ1n) is 9.29. The van der Waals surface area contributed by atoms with E-state index in [9.17, 15) is 0 Å². The van der Waals surface area contributed by atoms with Gasteiger partial charge in [0.25, 0.3) is 0 Å². The van der Waals surface area contributed by atoms with Gasteiger partial charge in [-0.05, 0) is 44.5 Å². The van der Waals surface area contributed by atoms with Crippen LogP contribution in [0.25, 0.3) is 11.1 Å². The van der Waals surface area contributed by atoms with Gasteiger partial charge < -0.3 is 18.9 Å². The second-order valence-electron chi connectivity index (χ2n) is 6.99. The fourth-order valence-corrected chi connectivity index (χ4v) is 3.94. The van der Waals surface area contributed by atoms with Crippen molar-refractivity contribution >= 4 is 17.3 Å². The molecule has 0 radical (unpaired) electrons. The highest BCUT2D eigenvalue weighted by Gasteiger charge is 2.27. The average Bonchev–Trinajstić information content (AvgIpc) is 3.04. The van der Waals surface area contributed by atoms with Gasteiger partial charge in [0, 0.05) is 16.7 Å². The number of rotatable bonds is 4. The third-order valence-electron chi connectivity index (χ3n) is 5.30. The Labute approximate surface area is 169 Å². The van der Waals surface area contributed by atoms with Crippen LogP contribution in [0.15, 0.2) is 40.9 Å². The van der Waals surface area contributed by atoms with E-state index in [1.165, 1.54) is 5.56 Å². The van der Waals surface area contributed by atoms with Gasteiger partial charge in [-0.2, -0.15) is 0 Å². The Morgan fingerprint density at radius 3 is 2.57 bits per heavy atom. The number of aromatic nitrogens is 1. The number of anilines is 1. The maximum atomic E-state index is 6.05. The lowest BCUT2D eigenvalue weighted by atomic mass is 9.99. The Morgan fingerprint density at radius 1 is 1.18 bits per heavy atom. The number of methoxy groups -OCH3 is 1. The third-order valence-corrected chi connectivity index (χ3v) is 5.55. The quantitative estimate of drug-likeness (QED) is 0.574. The van der Waals surface area contributed by atoms with E-state index < -0.39 is 0 Å². The molecule has 4 rings (SSSR count). The molecule has 0 saturated heterocycles. The lowest BCUT2D eigenvalue weighted by Crippen LogP contribution is -2.35. The van der Waals surface area contributed by atoms with E-state index in [4.69, 9.17) is 25.6 Å². The zero-order valence-corrected chi connectivity index (χ0v) is 17.2. The van der Waals surface area contributed by atoms with Crippen LogP contribution < -0.4 is 14.4 Å². The molecule has 0 N–H and O–H groups in total. The molecule has 1 aliphatic rings. The maximum Gasteiger partial charge on any atom is 0.143 e. The molecule has 0 spiro atoms. The highest BCUT2D eigenvalue weighted by atomic mass is 35.5. The minimum atomic E-state index is 0.175. The molecule has 2 aromatic carbocycles. The van der Waals surface area contributed by atoms with E-state index in [0.29, 0.717) is 6.61 Å². The minimum Gasteiger partial charge on any atom is -0.496 e. The number of halogens is 1. The molecule has 1 unspecified atom stereocenters. The van der Waals surface area contributed by atoms with Crippen molar-refractivity contribution in [2.24, 2.45) is 0 Å². The summed E-state index contributed by atoms with van der Waals surface area (Å²) in [5.41, 5.74) is 4.93. The number of ether oxygens (including phenoxy) is 2. The van der Waals surface area contributed by atoms with Gasteiger partial charge in [-0.1, -0.05) is 28.9 Å². The van der Waals surface area contributed by atoms with Crippen LogP contribution in [-0.4, -0.2) is 25.4 Å². The molecular formula is C22H23ClN2O3. The van der Waals surface area contributed by atoms with Crippen molar-refractivity contribution in [3.8, 4) is 22.6 Å². The van der Waals surface area contributed by atoms with Crippen LogP contribution in [0.3, 0.4) is 0 Å². The monoisotopic (exact) mass is 398 g/mol. The van der Waals surface area contributed by atoms with Crippen LogP contribution in [-0.2, 0) is 0 Å². The molecule has 0 aliphatic carbocycles. The summed E-state index contributed by atoms with van der Waals surface area (Å²) in [5, 5.41) is 4.82. The van der Waals surface area contributed by atoms with Crippen LogP contribution in [0.1, 0.15) is 30.0 Å². The largest absolute Gasteiger partial charge is 0.496 e. The van der Waals surface area contributed by atoms with E-state index >= 15 is 0 Å². The van der Waals surface area contributed by atoms with Crippen molar-refractivity contribution in [3.05, 3.63) is 58.4 Å². The van der Waals surface area contributed by atoms with Gasteiger partial charge in [0.05, 0.1) is 36.6 Å². The van der Waals surface area contributed by atoms with Crippen LogP contribution in [0.4, 0.5) is 5.69 Å². The molecule has 1 atom stereocenters. The Morgan fingerprint density at radius 2 is 1.93 bits per heavy atom.